The lowest BCUT2D eigenvalue weighted by atomic mass is 9.95. The first-order valence-corrected chi connectivity index (χ1v) is 9.82. The summed E-state index contributed by atoms with van der Waals surface area (Å²) < 4.78 is 7.31. The quantitative estimate of drug-likeness (QED) is 0.701. The highest BCUT2D eigenvalue weighted by molar-refractivity contribution is 5.94. The van der Waals surface area contributed by atoms with Crippen LogP contribution in [0, 0.1) is 0 Å². The molecule has 6 heteroatoms. The maximum Gasteiger partial charge on any atom is 0.254 e. The first kappa shape index (κ1) is 19.4. The van der Waals surface area contributed by atoms with E-state index < -0.39 is 5.60 Å². The lowest BCUT2D eigenvalue weighted by Crippen LogP contribution is -2.49. The van der Waals surface area contributed by atoms with Crippen molar-refractivity contribution in [2.24, 2.45) is 0 Å². The molecule has 4 rings (SSSR count). The van der Waals surface area contributed by atoms with Crippen molar-refractivity contribution < 1.29 is 14.6 Å². The molecule has 6 nitrogen and oxygen atoms in total. The molecule has 1 saturated heterocycles. The molecule has 2 unspecified atom stereocenters. The van der Waals surface area contributed by atoms with Crippen LogP contribution in [-0.2, 0) is 11.3 Å². The van der Waals surface area contributed by atoms with Gasteiger partial charge >= 0.3 is 0 Å². The highest BCUT2D eigenvalue weighted by Crippen LogP contribution is 2.28. The maximum atomic E-state index is 13.3. The molecule has 150 valence electrons. The largest absolute Gasteiger partial charge is 0.385 e. The van der Waals surface area contributed by atoms with E-state index in [1.807, 2.05) is 61.7 Å². The van der Waals surface area contributed by atoms with Crippen molar-refractivity contribution in [3.05, 3.63) is 84.2 Å². The summed E-state index contributed by atoms with van der Waals surface area (Å²) in [5, 5.41) is 15.3. The van der Waals surface area contributed by atoms with Gasteiger partial charge in [0.05, 0.1) is 18.3 Å². The van der Waals surface area contributed by atoms with Crippen LogP contribution in [-0.4, -0.2) is 50.6 Å². The molecule has 1 fully saturated rings. The van der Waals surface area contributed by atoms with Gasteiger partial charge in [-0.05, 0) is 42.8 Å². The topological polar surface area (TPSA) is 67.6 Å². The summed E-state index contributed by atoms with van der Waals surface area (Å²) in [6.07, 6.45) is 3.78. The number of amides is 1. The monoisotopic (exact) mass is 391 g/mol. The Morgan fingerprint density at radius 3 is 2.59 bits per heavy atom. The third kappa shape index (κ3) is 4.23. The number of nitrogens with zero attached hydrogens (tertiary/aromatic N) is 3. The van der Waals surface area contributed by atoms with Crippen molar-refractivity contribution in [1.82, 2.24) is 14.7 Å². The molecular weight excluding hydrogens is 366 g/mol. The van der Waals surface area contributed by atoms with Gasteiger partial charge in [0.15, 0.2) is 0 Å². The Morgan fingerprint density at radius 2 is 1.97 bits per heavy atom. The lowest BCUT2D eigenvalue weighted by Gasteiger charge is -2.33. The SMILES string of the molecule is CC1OCCC1(O)CN(Cc1ccccc1)C(=O)c1ccc(-n2cccn2)cc1. The first-order valence-electron chi connectivity index (χ1n) is 9.82. The minimum Gasteiger partial charge on any atom is -0.385 e. The number of aliphatic hydroxyl groups is 1. The Kier molecular flexibility index (Phi) is 5.47. The fourth-order valence-corrected chi connectivity index (χ4v) is 3.67. The zero-order chi connectivity index (χ0) is 20.3. The molecule has 1 aliphatic heterocycles. The van der Waals surface area contributed by atoms with Gasteiger partial charge in [-0.25, -0.2) is 4.68 Å². The number of hydrogen-bond donors (Lipinski definition) is 1. The molecule has 29 heavy (non-hydrogen) atoms. The van der Waals surface area contributed by atoms with Gasteiger partial charge in [-0.3, -0.25) is 4.79 Å². The third-order valence-electron chi connectivity index (χ3n) is 5.51. The van der Waals surface area contributed by atoms with Crippen LogP contribution in [0.4, 0.5) is 0 Å². The molecular formula is C23H25N3O3. The van der Waals surface area contributed by atoms with Gasteiger partial charge in [0.2, 0.25) is 0 Å². The van der Waals surface area contributed by atoms with Crippen LogP contribution in [0.3, 0.4) is 0 Å². The van der Waals surface area contributed by atoms with E-state index in [4.69, 9.17) is 4.74 Å². The zero-order valence-corrected chi connectivity index (χ0v) is 16.4. The van der Waals surface area contributed by atoms with Gasteiger partial charge in [0.25, 0.3) is 5.91 Å². The van der Waals surface area contributed by atoms with Gasteiger partial charge in [-0.1, -0.05) is 30.3 Å². The Bertz CT molecular complexity index is 941. The van der Waals surface area contributed by atoms with Crippen LogP contribution in [0.25, 0.3) is 5.69 Å². The van der Waals surface area contributed by atoms with Crippen LogP contribution < -0.4 is 0 Å². The summed E-state index contributed by atoms with van der Waals surface area (Å²) in [6, 6.07) is 19.0. The molecule has 1 aliphatic rings. The molecule has 2 aromatic carbocycles. The molecule has 0 saturated carbocycles. The molecule has 1 N–H and O–H groups in total. The number of carbonyl (C=O) groups is 1. The number of ether oxygens (including phenoxy) is 1. The van der Waals surface area contributed by atoms with E-state index in [2.05, 4.69) is 5.10 Å². The van der Waals surface area contributed by atoms with Crippen molar-refractivity contribution in [1.29, 1.82) is 0 Å². The molecule has 0 spiro atoms. The Hall–Kier alpha value is -2.96. The summed E-state index contributed by atoms with van der Waals surface area (Å²) in [7, 11) is 0. The van der Waals surface area contributed by atoms with Crippen molar-refractivity contribution in [2.75, 3.05) is 13.2 Å². The number of aromatic nitrogens is 2. The summed E-state index contributed by atoms with van der Waals surface area (Å²) in [5.74, 6) is -0.117. The van der Waals surface area contributed by atoms with Crippen molar-refractivity contribution >= 4 is 5.91 Å². The third-order valence-corrected chi connectivity index (χ3v) is 5.51. The predicted molar refractivity (Wildman–Crippen MR) is 110 cm³/mol. The van der Waals surface area contributed by atoms with Crippen molar-refractivity contribution in [3.63, 3.8) is 0 Å². The second-order valence-electron chi connectivity index (χ2n) is 7.51. The average molecular weight is 391 g/mol. The fraction of sp³-hybridized carbons (Fsp3) is 0.304. The number of benzene rings is 2. The molecule has 2 atom stereocenters. The van der Waals surface area contributed by atoms with Crippen molar-refractivity contribution in [2.45, 2.75) is 31.6 Å². The first-order chi connectivity index (χ1) is 14.0. The van der Waals surface area contributed by atoms with Crippen LogP contribution in [0.15, 0.2) is 73.1 Å². The molecule has 1 amide bonds. The number of hydrogen-bond acceptors (Lipinski definition) is 4. The van der Waals surface area contributed by atoms with E-state index in [-0.39, 0.29) is 18.6 Å². The minimum atomic E-state index is -1.04. The smallest absolute Gasteiger partial charge is 0.254 e. The molecule has 2 heterocycles. The molecule has 0 aliphatic carbocycles. The predicted octanol–water partition coefficient (Wildman–Crippen LogP) is 3.05. The van der Waals surface area contributed by atoms with E-state index in [0.717, 1.165) is 11.3 Å². The van der Waals surface area contributed by atoms with Crippen LogP contribution in [0.1, 0.15) is 29.3 Å². The van der Waals surface area contributed by atoms with Gasteiger partial charge in [0.1, 0.15) is 5.60 Å². The number of rotatable bonds is 6. The van der Waals surface area contributed by atoms with Gasteiger partial charge < -0.3 is 14.7 Å². The van der Waals surface area contributed by atoms with Gasteiger partial charge in [-0.15, -0.1) is 0 Å². The van der Waals surface area contributed by atoms with Crippen LogP contribution in [0.2, 0.25) is 0 Å². The van der Waals surface area contributed by atoms with Crippen LogP contribution >= 0.6 is 0 Å². The second-order valence-corrected chi connectivity index (χ2v) is 7.51. The zero-order valence-electron chi connectivity index (χ0n) is 16.4. The van der Waals surface area contributed by atoms with E-state index in [1.165, 1.54) is 0 Å². The Labute approximate surface area is 170 Å². The summed E-state index contributed by atoms with van der Waals surface area (Å²) in [6.45, 7) is 3.01. The van der Waals surface area contributed by atoms with E-state index in [9.17, 15) is 9.90 Å². The van der Waals surface area contributed by atoms with E-state index in [1.54, 1.807) is 27.9 Å². The average Bonchev–Trinajstić information content (AvgIpc) is 3.39. The highest BCUT2D eigenvalue weighted by Gasteiger charge is 2.42. The summed E-state index contributed by atoms with van der Waals surface area (Å²) in [5.41, 5.74) is 1.44. The Morgan fingerprint density at radius 1 is 1.21 bits per heavy atom. The lowest BCUT2D eigenvalue weighted by molar-refractivity contribution is -0.0458. The van der Waals surface area contributed by atoms with Crippen LogP contribution in [0.5, 0.6) is 0 Å². The normalized spacial score (nSPS) is 21.2. The summed E-state index contributed by atoms with van der Waals surface area (Å²) in [4.78, 5) is 15.0. The molecule has 3 aromatic rings. The molecule has 0 bridgehead atoms. The highest BCUT2D eigenvalue weighted by atomic mass is 16.5. The maximum absolute atomic E-state index is 13.3. The van der Waals surface area contributed by atoms with Gasteiger partial charge in [-0.2, -0.15) is 5.10 Å². The van der Waals surface area contributed by atoms with E-state index >= 15 is 0 Å². The standard InChI is InChI=1S/C23H25N3O3/c1-18-23(28,12-15-29-18)17-25(16-19-6-3-2-4-7-19)22(27)20-8-10-21(11-9-20)26-14-5-13-24-26/h2-11,13-14,18,28H,12,15-17H2,1H3. The fourth-order valence-electron chi connectivity index (χ4n) is 3.67. The number of carbonyl (C=O) groups excluding carboxylic acids is 1. The van der Waals surface area contributed by atoms with E-state index in [0.29, 0.717) is 25.1 Å². The molecule has 0 radical (unpaired) electrons. The minimum absolute atomic E-state index is 0.117. The van der Waals surface area contributed by atoms with Crippen molar-refractivity contribution in [3.8, 4) is 5.69 Å². The summed E-state index contributed by atoms with van der Waals surface area (Å²) >= 11 is 0. The Balaban J connectivity index is 1.58. The van der Waals surface area contributed by atoms with Gasteiger partial charge in [0, 0.05) is 37.5 Å². The second kappa shape index (κ2) is 8.19. The molecule has 1 aromatic heterocycles.